The molecule has 1 saturated carbocycles. The van der Waals surface area contributed by atoms with Crippen molar-refractivity contribution in [1.82, 2.24) is 4.98 Å². The number of carbonyl (C=O) groups is 1. The summed E-state index contributed by atoms with van der Waals surface area (Å²) in [6.07, 6.45) is 4.51. The van der Waals surface area contributed by atoms with Crippen LogP contribution in [0.15, 0.2) is 28.7 Å². The lowest BCUT2D eigenvalue weighted by molar-refractivity contribution is -0.137. The maximum atomic E-state index is 11.4. The highest BCUT2D eigenvalue weighted by molar-refractivity contribution is 8.00. The number of aromatic nitrogens is 1. The van der Waals surface area contributed by atoms with Gasteiger partial charge in [0.05, 0.1) is 12.7 Å². The van der Waals surface area contributed by atoms with E-state index in [0.29, 0.717) is 18.4 Å². The molecule has 1 aromatic carbocycles. The van der Waals surface area contributed by atoms with Gasteiger partial charge in [-0.25, -0.2) is 4.98 Å². The van der Waals surface area contributed by atoms with E-state index in [1.165, 1.54) is 5.56 Å². The van der Waals surface area contributed by atoms with E-state index in [9.17, 15) is 9.90 Å². The van der Waals surface area contributed by atoms with Crippen molar-refractivity contribution in [1.29, 1.82) is 0 Å². The van der Waals surface area contributed by atoms with Gasteiger partial charge in [0.25, 0.3) is 0 Å². The van der Waals surface area contributed by atoms with Gasteiger partial charge in [-0.2, -0.15) is 0 Å². The number of oxazole rings is 1. The van der Waals surface area contributed by atoms with Gasteiger partial charge in [-0.05, 0) is 62.8 Å². The van der Waals surface area contributed by atoms with Crippen molar-refractivity contribution >= 4 is 17.7 Å². The summed E-state index contributed by atoms with van der Waals surface area (Å²) in [6, 6.07) is 8.16. The monoisotopic (exact) mass is 431 g/mol. The number of aryl methyl sites for hydroxylation is 2. The van der Waals surface area contributed by atoms with Crippen LogP contribution >= 0.6 is 11.8 Å². The van der Waals surface area contributed by atoms with Crippen molar-refractivity contribution in [2.75, 3.05) is 5.75 Å². The molecule has 0 bridgehead atoms. The number of carboxylic acid groups (broad SMARTS) is 1. The maximum absolute atomic E-state index is 11.4. The van der Waals surface area contributed by atoms with Crippen LogP contribution in [0.2, 0.25) is 0 Å². The quantitative estimate of drug-likeness (QED) is 0.535. The van der Waals surface area contributed by atoms with Gasteiger partial charge in [0, 0.05) is 5.56 Å². The number of hydrogen-bond acceptors (Lipinski definition) is 5. The first-order chi connectivity index (χ1) is 14.3. The molecule has 6 heteroatoms. The third kappa shape index (κ3) is 6.11. The normalized spacial score (nSPS) is 20.4. The van der Waals surface area contributed by atoms with Crippen LogP contribution in [0.5, 0.6) is 0 Å². The minimum atomic E-state index is -0.704. The van der Waals surface area contributed by atoms with E-state index in [1.807, 2.05) is 32.9 Å². The molecular weight excluding hydrogens is 398 g/mol. The Kier molecular flexibility index (Phi) is 8.00. The van der Waals surface area contributed by atoms with Gasteiger partial charge in [0.15, 0.2) is 0 Å². The van der Waals surface area contributed by atoms with Crippen LogP contribution in [-0.4, -0.2) is 33.2 Å². The molecule has 1 heterocycles. The molecule has 0 radical (unpaired) electrons. The molecule has 2 aromatic rings. The van der Waals surface area contributed by atoms with Crippen LogP contribution in [0.4, 0.5) is 0 Å². The lowest BCUT2D eigenvalue weighted by atomic mass is 9.88. The second-order valence-electron chi connectivity index (χ2n) is 8.69. The lowest BCUT2D eigenvalue weighted by Crippen LogP contribution is -2.27. The maximum Gasteiger partial charge on any atom is 0.316 e. The van der Waals surface area contributed by atoms with E-state index < -0.39 is 5.97 Å². The zero-order valence-electron chi connectivity index (χ0n) is 18.4. The fourth-order valence-electron chi connectivity index (χ4n) is 3.91. The number of nitrogens with zero attached hydrogens (tertiary/aromatic N) is 1. The van der Waals surface area contributed by atoms with Gasteiger partial charge < -0.3 is 14.3 Å². The van der Waals surface area contributed by atoms with Crippen molar-refractivity contribution in [3.8, 4) is 11.5 Å². The first kappa shape index (κ1) is 22.9. The fraction of sp³-hybridized carbons (Fsp3) is 0.583. The minimum Gasteiger partial charge on any atom is -0.480 e. The zero-order chi connectivity index (χ0) is 21.7. The summed E-state index contributed by atoms with van der Waals surface area (Å²) in [7, 11) is 0. The van der Waals surface area contributed by atoms with Gasteiger partial charge in [0.1, 0.15) is 16.7 Å². The summed E-state index contributed by atoms with van der Waals surface area (Å²) in [5, 5.41) is 9.07. The van der Waals surface area contributed by atoms with E-state index in [2.05, 4.69) is 24.0 Å². The molecule has 3 atom stereocenters. The minimum absolute atomic E-state index is 0.140. The Balaban J connectivity index is 1.52. The molecule has 3 rings (SSSR count). The van der Waals surface area contributed by atoms with Crippen LogP contribution in [0.3, 0.4) is 0 Å². The number of rotatable bonds is 9. The molecule has 1 unspecified atom stereocenters. The average molecular weight is 432 g/mol. The Morgan fingerprint density at radius 1 is 1.27 bits per heavy atom. The van der Waals surface area contributed by atoms with E-state index in [0.717, 1.165) is 48.5 Å². The first-order valence-electron chi connectivity index (χ1n) is 10.8. The number of hydrogen-bond donors (Lipinski definition) is 1. The number of benzene rings is 1. The van der Waals surface area contributed by atoms with Crippen molar-refractivity contribution in [2.24, 2.45) is 11.8 Å². The molecule has 0 spiro atoms. The molecule has 1 N–H and O–H groups in total. The molecule has 0 aliphatic heterocycles. The molecule has 1 fully saturated rings. The highest BCUT2D eigenvalue weighted by Gasteiger charge is 2.27. The fourth-order valence-corrected chi connectivity index (χ4v) is 5.22. The summed E-state index contributed by atoms with van der Waals surface area (Å²) in [5.74, 6) is 2.27. The van der Waals surface area contributed by atoms with Gasteiger partial charge in [-0.1, -0.05) is 38.0 Å². The third-order valence-electron chi connectivity index (χ3n) is 5.74. The van der Waals surface area contributed by atoms with Crippen LogP contribution < -0.4 is 0 Å². The smallest absolute Gasteiger partial charge is 0.316 e. The van der Waals surface area contributed by atoms with Crippen LogP contribution in [-0.2, 0) is 16.1 Å². The Hall–Kier alpha value is -1.79. The lowest BCUT2D eigenvalue weighted by Gasteiger charge is -2.30. The Morgan fingerprint density at radius 3 is 2.67 bits per heavy atom. The predicted octanol–water partition coefficient (Wildman–Crippen LogP) is 5.88. The van der Waals surface area contributed by atoms with Gasteiger partial charge in [-0.3, -0.25) is 4.79 Å². The Labute approximate surface area is 183 Å². The topological polar surface area (TPSA) is 72.6 Å². The molecular formula is C24H33NO4S. The Morgan fingerprint density at radius 2 is 2.00 bits per heavy atom. The van der Waals surface area contributed by atoms with Crippen molar-refractivity contribution in [3.63, 3.8) is 0 Å². The number of carboxylic acids is 1. The molecule has 0 amide bonds. The van der Waals surface area contributed by atoms with Crippen molar-refractivity contribution in [2.45, 2.75) is 71.3 Å². The molecule has 1 aromatic heterocycles. The summed E-state index contributed by atoms with van der Waals surface area (Å²) < 4.78 is 12.1. The summed E-state index contributed by atoms with van der Waals surface area (Å²) in [6.45, 7) is 8.40. The van der Waals surface area contributed by atoms with Crippen LogP contribution in [0.25, 0.3) is 11.5 Å². The number of thioether (sulfide) groups is 1. The second-order valence-corrected chi connectivity index (χ2v) is 9.86. The molecule has 0 saturated heterocycles. The third-order valence-corrected chi connectivity index (χ3v) is 7.51. The van der Waals surface area contributed by atoms with E-state index in [-0.39, 0.29) is 17.3 Å². The highest BCUT2D eigenvalue weighted by Crippen LogP contribution is 2.32. The second kappa shape index (κ2) is 10.5. The SMILES string of the molecule is Cc1ccc(-c2nc(CO[C@@H]3CCC[C@H](CSC(C(=O)O)C(C)C)C3)c(C)o2)cc1. The molecule has 1 aliphatic carbocycles. The van der Waals surface area contributed by atoms with Crippen molar-refractivity contribution in [3.05, 3.63) is 41.3 Å². The number of ether oxygens (including phenoxy) is 1. The summed E-state index contributed by atoms with van der Waals surface area (Å²) >= 11 is 1.58. The van der Waals surface area contributed by atoms with Crippen LogP contribution in [0.1, 0.15) is 56.5 Å². The molecule has 164 valence electrons. The predicted molar refractivity (Wildman–Crippen MR) is 121 cm³/mol. The molecule has 1 aliphatic rings. The summed E-state index contributed by atoms with van der Waals surface area (Å²) in [5.41, 5.74) is 3.04. The van der Waals surface area contributed by atoms with E-state index in [4.69, 9.17) is 9.15 Å². The van der Waals surface area contributed by atoms with Gasteiger partial charge in [0.2, 0.25) is 5.89 Å². The standard InChI is InChI=1S/C24H33NO4S/c1-15(2)22(24(26)27)30-14-18-6-5-7-20(12-18)28-13-21-17(4)29-23(25-21)19-10-8-16(3)9-11-19/h8-11,15,18,20,22H,5-7,12-14H2,1-4H3,(H,26,27)/t18-,20+,22?/m0/s1. The highest BCUT2D eigenvalue weighted by atomic mass is 32.2. The first-order valence-corrected chi connectivity index (χ1v) is 11.9. The van der Waals surface area contributed by atoms with Gasteiger partial charge in [-0.15, -0.1) is 11.8 Å². The Bertz CT molecular complexity index is 830. The van der Waals surface area contributed by atoms with Crippen LogP contribution in [0, 0.1) is 25.7 Å². The van der Waals surface area contributed by atoms with E-state index >= 15 is 0 Å². The van der Waals surface area contributed by atoms with Gasteiger partial charge >= 0.3 is 5.97 Å². The molecule has 30 heavy (non-hydrogen) atoms. The zero-order valence-corrected chi connectivity index (χ0v) is 19.2. The van der Waals surface area contributed by atoms with Crippen molar-refractivity contribution < 1.29 is 19.1 Å². The molecule has 5 nitrogen and oxygen atoms in total. The van der Waals surface area contributed by atoms with E-state index in [1.54, 1.807) is 11.8 Å². The largest absolute Gasteiger partial charge is 0.480 e. The average Bonchev–Trinajstić information content (AvgIpc) is 3.07. The number of aliphatic carboxylic acids is 1. The summed E-state index contributed by atoms with van der Waals surface area (Å²) in [4.78, 5) is 16.1.